The number of benzene rings is 1. The molecule has 6 heteroatoms. The Morgan fingerprint density at radius 2 is 1.93 bits per heavy atom. The number of ketones is 1. The Bertz CT molecular complexity index is 879. The number of piperidine rings is 1. The molecule has 0 N–H and O–H groups in total. The molecule has 0 radical (unpaired) electrons. The molecule has 0 spiro atoms. The lowest BCUT2D eigenvalue weighted by atomic mass is 9.89. The number of carbonyl (C=O) groups excluding carboxylic acids is 2. The molecule has 1 unspecified atom stereocenters. The van der Waals surface area contributed by atoms with E-state index in [0.717, 1.165) is 18.4 Å². The molecule has 4 rings (SSSR count). The Morgan fingerprint density at radius 1 is 1.11 bits per heavy atom. The first-order valence-electron chi connectivity index (χ1n) is 9.01. The summed E-state index contributed by atoms with van der Waals surface area (Å²) in [5, 5.41) is 0. The van der Waals surface area contributed by atoms with E-state index in [9.17, 15) is 9.59 Å². The highest BCUT2D eigenvalue weighted by Gasteiger charge is 2.29. The summed E-state index contributed by atoms with van der Waals surface area (Å²) >= 11 is 0. The van der Waals surface area contributed by atoms with Crippen molar-refractivity contribution in [2.24, 2.45) is 5.92 Å². The van der Waals surface area contributed by atoms with Crippen LogP contribution in [0.3, 0.4) is 0 Å². The van der Waals surface area contributed by atoms with E-state index in [4.69, 9.17) is 9.47 Å². The summed E-state index contributed by atoms with van der Waals surface area (Å²) in [6.45, 7) is 1.29. The molecule has 3 heterocycles. The van der Waals surface area contributed by atoms with Crippen molar-refractivity contribution in [2.45, 2.75) is 12.8 Å². The maximum Gasteiger partial charge on any atom is 0.246 e. The van der Waals surface area contributed by atoms with Crippen molar-refractivity contribution >= 4 is 17.8 Å². The number of rotatable bonds is 4. The molecular formula is C21H20N2O4. The van der Waals surface area contributed by atoms with Gasteiger partial charge in [-0.2, -0.15) is 0 Å². The number of likely N-dealkylation sites (tertiary alicyclic amines) is 1. The van der Waals surface area contributed by atoms with Crippen LogP contribution < -0.4 is 9.47 Å². The van der Waals surface area contributed by atoms with Gasteiger partial charge in [-0.25, -0.2) is 0 Å². The van der Waals surface area contributed by atoms with Crippen molar-refractivity contribution < 1.29 is 19.1 Å². The minimum absolute atomic E-state index is 0.0453. The molecule has 1 atom stereocenters. The smallest absolute Gasteiger partial charge is 0.246 e. The predicted molar refractivity (Wildman–Crippen MR) is 99.5 cm³/mol. The van der Waals surface area contributed by atoms with Crippen LogP contribution in [0.25, 0.3) is 6.08 Å². The van der Waals surface area contributed by atoms with Gasteiger partial charge in [-0.05, 0) is 54.8 Å². The average molecular weight is 364 g/mol. The predicted octanol–water partition coefficient (Wildman–Crippen LogP) is 2.95. The van der Waals surface area contributed by atoms with Gasteiger partial charge in [-0.3, -0.25) is 14.6 Å². The third kappa shape index (κ3) is 3.84. The highest BCUT2D eigenvalue weighted by molar-refractivity contribution is 5.99. The second-order valence-electron chi connectivity index (χ2n) is 6.67. The van der Waals surface area contributed by atoms with E-state index in [1.54, 1.807) is 47.6 Å². The number of ether oxygens (including phenoxy) is 2. The molecule has 0 bridgehead atoms. The van der Waals surface area contributed by atoms with E-state index in [2.05, 4.69) is 4.98 Å². The van der Waals surface area contributed by atoms with Gasteiger partial charge < -0.3 is 14.4 Å². The lowest BCUT2D eigenvalue weighted by Crippen LogP contribution is -2.41. The Kier molecular flexibility index (Phi) is 4.87. The summed E-state index contributed by atoms with van der Waals surface area (Å²) < 4.78 is 10.7. The van der Waals surface area contributed by atoms with Crippen LogP contribution in [-0.2, 0) is 4.79 Å². The normalized spacial score (nSPS) is 18.7. The topological polar surface area (TPSA) is 68.7 Å². The number of Topliss-reactive ketones (excluding diaryl/α,β-unsaturated/α-hetero) is 1. The maximum atomic E-state index is 12.9. The van der Waals surface area contributed by atoms with Gasteiger partial charge in [0.25, 0.3) is 0 Å². The van der Waals surface area contributed by atoms with Crippen molar-refractivity contribution in [2.75, 3.05) is 19.9 Å². The van der Waals surface area contributed by atoms with Gasteiger partial charge in [0, 0.05) is 43.0 Å². The average Bonchev–Trinajstić information content (AvgIpc) is 3.20. The zero-order valence-electron chi connectivity index (χ0n) is 14.8. The summed E-state index contributed by atoms with van der Waals surface area (Å²) in [4.78, 5) is 31.1. The molecule has 138 valence electrons. The van der Waals surface area contributed by atoms with E-state index in [0.29, 0.717) is 30.2 Å². The van der Waals surface area contributed by atoms with Gasteiger partial charge in [0.15, 0.2) is 17.3 Å². The Balaban J connectivity index is 1.42. The number of hydrogen-bond donors (Lipinski definition) is 0. The van der Waals surface area contributed by atoms with Crippen molar-refractivity contribution in [3.63, 3.8) is 0 Å². The van der Waals surface area contributed by atoms with Gasteiger partial charge in [-0.1, -0.05) is 0 Å². The zero-order valence-corrected chi connectivity index (χ0v) is 14.8. The SMILES string of the molecule is O=C(c1ccc2c(c1)OCO2)C1CCCN(C(=O)/C=C/c2ccncc2)C1. The largest absolute Gasteiger partial charge is 0.454 e. The molecule has 0 saturated carbocycles. The fourth-order valence-corrected chi connectivity index (χ4v) is 3.42. The number of pyridine rings is 1. The first-order valence-corrected chi connectivity index (χ1v) is 9.01. The summed E-state index contributed by atoms with van der Waals surface area (Å²) in [6.07, 6.45) is 8.30. The minimum Gasteiger partial charge on any atom is -0.454 e. The molecule has 6 nitrogen and oxygen atoms in total. The van der Waals surface area contributed by atoms with Crippen LogP contribution in [0.15, 0.2) is 48.8 Å². The van der Waals surface area contributed by atoms with Crippen LogP contribution in [-0.4, -0.2) is 41.5 Å². The highest BCUT2D eigenvalue weighted by atomic mass is 16.7. The minimum atomic E-state index is -0.197. The molecule has 2 aliphatic rings. The quantitative estimate of drug-likeness (QED) is 0.616. The van der Waals surface area contributed by atoms with Gasteiger partial charge in [0.2, 0.25) is 12.7 Å². The summed E-state index contributed by atoms with van der Waals surface area (Å²) in [6, 6.07) is 8.94. The molecule has 2 aromatic rings. The number of hydrogen-bond acceptors (Lipinski definition) is 5. The van der Waals surface area contributed by atoms with Crippen molar-refractivity contribution in [3.05, 3.63) is 59.9 Å². The fraction of sp³-hybridized carbons (Fsp3) is 0.286. The Labute approximate surface area is 157 Å². The second-order valence-corrected chi connectivity index (χ2v) is 6.67. The van der Waals surface area contributed by atoms with Crippen LogP contribution in [0.1, 0.15) is 28.8 Å². The summed E-state index contributed by atoms with van der Waals surface area (Å²) in [7, 11) is 0. The van der Waals surface area contributed by atoms with Gasteiger partial charge >= 0.3 is 0 Å². The number of nitrogens with zero attached hydrogens (tertiary/aromatic N) is 2. The molecule has 27 heavy (non-hydrogen) atoms. The highest BCUT2D eigenvalue weighted by Crippen LogP contribution is 2.33. The van der Waals surface area contributed by atoms with E-state index >= 15 is 0 Å². The van der Waals surface area contributed by atoms with Gasteiger partial charge in [0.05, 0.1) is 0 Å². The zero-order chi connectivity index (χ0) is 18.6. The van der Waals surface area contributed by atoms with E-state index in [-0.39, 0.29) is 24.4 Å². The van der Waals surface area contributed by atoms with Crippen molar-refractivity contribution in [3.8, 4) is 11.5 Å². The molecule has 1 aromatic carbocycles. The standard InChI is InChI=1S/C21H20N2O4/c24-20(6-3-15-7-9-22-10-8-15)23-11-1-2-17(13-23)21(25)16-4-5-18-19(12-16)27-14-26-18/h3-10,12,17H,1-2,11,13-14H2/b6-3+. The van der Waals surface area contributed by atoms with Crippen LogP contribution in [0.2, 0.25) is 0 Å². The molecule has 1 fully saturated rings. The second kappa shape index (κ2) is 7.61. The van der Waals surface area contributed by atoms with Gasteiger partial charge in [-0.15, -0.1) is 0 Å². The molecule has 2 aliphatic heterocycles. The summed E-state index contributed by atoms with van der Waals surface area (Å²) in [5.41, 5.74) is 1.52. The van der Waals surface area contributed by atoms with Crippen LogP contribution in [0.4, 0.5) is 0 Å². The van der Waals surface area contributed by atoms with Crippen LogP contribution >= 0.6 is 0 Å². The lowest BCUT2D eigenvalue weighted by Gasteiger charge is -2.31. The van der Waals surface area contributed by atoms with E-state index in [1.807, 2.05) is 12.1 Å². The van der Waals surface area contributed by atoms with E-state index in [1.165, 1.54) is 0 Å². The molecule has 1 amide bonds. The third-order valence-electron chi connectivity index (χ3n) is 4.89. The van der Waals surface area contributed by atoms with Crippen molar-refractivity contribution in [1.82, 2.24) is 9.88 Å². The Hall–Kier alpha value is -3.15. The molecular weight excluding hydrogens is 344 g/mol. The van der Waals surface area contributed by atoms with E-state index < -0.39 is 0 Å². The molecule has 1 aromatic heterocycles. The maximum absolute atomic E-state index is 12.9. The lowest BCUT2D eigenvalue weighted by molar-refractivity contribution is -0.127. The number of carbonyl (C=O) groups is 2. The number of aromatic nitrogens is 1. The number of fused-ring (bicyclic) bond motifs is 1. The fourth-order valence-electron chi connectivity index (χ4n) is 3.42. The van der Waals surface area contributed by atoms with Crippen LogP contribution in [0, 0.1) is 5.92 Å². The third-order valence-corrected chi connectivity index (χ3v) is 4.89. The summed E-state index contributed by atoms with van der Waals surface area (Å²) in [5.74, 6) is 1.04. The number of amides is 1. The first kappa shape index (κ1) is 17.3. The van der Waals surface area contributed by atoms with Gasteiger partial charge in [0.1, 0.15) is 0 Å². The Morgan fingerprint density at radius 3 is 2.78 bits per heavy atom. The molecule has 1 saturated heterocycles. The first-order chi connectivity index (χ1) is 13.2. The molecule has 0 aliphatic carbocycles. The monoisotopic (exact) mass is 364 g/mol. The van der Waals surface area contributed by atoms with Crippen LogP contribution in [0.5, 0.6) is 11.5 Å². The van der Waals surface area contributed by atoms with Crippen molar-refractivity contribution in [1.29, 1.82) is 0 Å².